The van der Waals surface area contributed by atoms with E-state index in [1.54, 1.807) is 17.2 Å². The van der Waals surface area contributed by atoms with E-state index in [2.05, 4.69) is 10.2 Å². The maximum Gasteiger partial charge on any atom is 0.0859 e. The van der Waals surface area contributed by atoms with Crippen molar-refractivity contribution in [1.29, 1.82) is 0 Å². The molecule has 1 aromatic heterocycles. The van der Waals surface area contributed by atoms with Gasteiger partial charge in [0.2, 0.25) is 0 Å². The molecule has 0 amide bonds. The standard InChI is InChI=1S/C9H8ClN3/c10-7-8-2-1-3-9(6-8)13-11-4-5-12-13/h1-6H,7H2. The van der Waals surface area contributed by atoms with E-state index in [1.807, 2.05) is 24.3 Å². The Bertz CT molecular complexity index is 384. The minimum absolute atomic E-state index is 0.509. The minimum atomic E-state index is 0.509. The highest BCUT2D eigenvalue weighted by Gasteiger charge is 1.97. The van der Waals surface area contributed by atoms with Gasteiger partial charge in [0.05, 0.1) is 18.1 Å². The topological polar surface area (TPSA) is 30.7 Å². The molecule has 0 atom stereocenters. The summed E-state index contributed by atoms with van der Waals surface area (Å²) in [5.74, 6) is 0.509. The highest BCUT2D eigenvalue weighted by atomic mass is 35.5. The lowest BCUT2D eigenvalue weighted by atomic mass is 10.2. The Morgan fingerprint density at radius 3 is 2.69 bits per heavy atom. The fourth-order valence-corrected chi connectivity index (χ4v) is 1.28. The number of alkyl halides is 1. The fourth-order valence-electron chi connectivity index (χ4n) is 1.11. The number of aromatic nitrogens is 3. The summed E-state index contributed by atoms with van der Waals surface area (Å²) in [6.07, 6.45) is 3.29. The molecular formula is C9H8ClN3. The monoisotopic (exact) mass is 193 g/mol. The Kier molecular flexibility index (Phi) is 2.27. The molecule has 0 unspecified atom stereocenters. The lowest BCUT2D eigenvalue weighted by Gasteiger charge is -2.00. The first-order chi connectivity index (χ1) is 6.40. The summed E-state index contributed by atoms with van der Waals surface area (Å²) < 4.78 is 0. The van der Waals surface area contributed by atoms with Gasteiger partial charge in [-0.2, -0.15) is 15.0 Å². The van der Waals surface area contributed by atoms with E-state index >= 15 is 0 Å². The zero-order valence-corrected chi connectivity index (χ0v) is 7.65. The maximum absolute atomic E-state index is 5.71. The van der Waals surface area contributed by atoms with Gasteiger partial charge in [-0.05, 0) is 17.7 Å². The van der Waals surface area contributed by atoms with Crippen molar-refractivity contribution < 1.29 is 0 Å². The SMILES string of the molecule is ClCc1cccc(-n2nccn2)c1. The van der Waals surface area contributed by atoms with Gasteiger partial charge in [-0.15, -0.1) is 11.6 Å². The predicted octanol–water partition coefficient (Wildman–Crippen LogP) is 2.01. The first-order valence-electron chi connectivity index (χ1n) is 3.92. The van der Waals surface area contributed by atoms with E-state index in [9.17, 15) is 0 Å². The van der Waals surface area contributed by atoms with Crippen molar-refractivity contribution >= 4 is 11.6 Å². The van der Waals surface area contributed by atoms with Gasteiger partial charge in [-0.3, -0.25) is 0 Å². The Hall–Kier alpha value is -1.35. The van der Waals surface area contributed by atoms with Gasteiger partial charge < -0.3 is 0 Å². The van der Waals surface area contributed by atoms with Gasteiger partial charge in [0, 0.05) is 5.88 Å². The Morgan fingerprint density at radius 1 is 1.23 bits per heavy atom. The molecule has 1 aromatic carbocycles. The van der Waals surface area contributed by atoms with Crippen molar-refractivity contribution in [3.05, 3.63) is 42.2 Å². The molecule has 13 heavy (non-hydrogen) atoms. The molecule has 0 bridgehead atoms. The smallest absolute Gasteiger partial charge is 0.0859 e. The average molecular weight is 194 g/mol. The molecule has 0 saturated carbocycles. The molecule has 0 spiro atoms. The van der Waals surface area contributed by atoms with E-state index in [1.165, 1.54) is 0 Å². The van der Waals surface area contributed by atoms with Crippen LogP contribution in [0.4, 0.5) is 0 Å². The Labute approximate surface area is 81.0 Å². The van der Waals surface area contributed by atoms with Crippen LogP contribution in [0, 0.1) is 0 Å². The Morgan fingerprint density at radius 2 is 2.00 bits per heavy atom. The van der Waals surface area contributed by atoms with Gasteiger partial charge in [-0.25, -0.2) is 0 Å². The highest BCUT2D eigenvalue weighted by Crippen LogP contribution is 2.09. The van der Waals surface area contributed by atoms with Gasteiger partial charge in [-0.1, -0.05) is 12.1 Å². The second kappa shape index (κ2) is 3.58. The van der Waals surface area contributed by atoms with E-state index in [0.717, 1.165) is 11.3 Å². The largest absolute Gasteiger partial charge is 0.157 e. The molecule has 0 radical (unpaired) electrons. The number of hydrogen-bond acceptors (Lipinski definition) is 2. The van der Waals surface area contributed by atoms with Crippen LogP contribution in [-0.4, -0.2) is 15.0 Å². The summed E-state index contributed by atoms with van der Waals surface area (Å²) in [5, 5.41) is 8.05. The van der Waals surface area contributed by atoms with Crippen LogP contribution in [0.2, 0.25) is 0 Å². The molecule has 4 heteroatoms. The van der Waals surface area contributed by atoms with Crippen LogP contribution in [0.5, 0.6) is 0 Å². The van der Waals surface area contributed by atoms with Gasteiger partial charge in [0.25, 0.3) is 0 Å². The quantitative estimate of drug-likeness (QED) is 0.684. The van der Waals surface area contributed by atoms with Crippen molar-refractivity contribution in [2.75, 3.05) is 0 Å². The summed E-state index contributed by atoms with van der Waals surface area (Å²) >= 11 is 5.71. The van der Waals surface area contributed by atoms with Gasteiger partial charge >= 0.3 is 0 Å². The van der Waals surface area contributed by atoms with Crippen LogP contribution in [0.25, 0.3) is 5.69 Å². The van der Waals surface area contributed by atoms with Gasteiger partial charge in [0.15, 0.2) is 0 Å². The van der Waals surface area contributed by atoms with Crippen molar-refractivity contribution in [2.45, 2.75) is 5.88 Å². The molecular weight excluding hydrogens is 186 g/mol. The van der Waals surface area contributed by atoms with Crippen molar-refractivity contribution in [1.82, 2.24) is 15.0 Å². The summed E-state index contributed by atoms with van der Waals surface area (Å²) in [5.41, 5.74) is 2.00. The van der Waals surface area contributed by atoms with E-state index < -0.39 is 0 Å². The third kappa shape index (κ3) is 1.70. The number of rotatable bonds is 2. The molecule has 0 N–H and O–H groups in total. The number of benzene rings is 1. The van der Waals surface area contributed by atoms with Crippen LogP contribution in [-0.2, 0) is 5.88 Å². The minimum Gasteiger partial charge on any atom is -0.157 e. The summed E-state index contributed by atoms with van der Waals surface area (Å²) in [6.45, 7) is 0. The normalized spacial score (nSPS) is 10.2. The van der Waals surface area contributed by atoms with Crippen molar-refractivity contribution in [3.8, 4) is 5.69 Å². The third-order valence-corrected chi connectivity index (χ3v) is 2.02. The average Bonchev–Trinajstić information content (AvgIpc) is 2.71. The molecule has 0 saturated heterocycles. The molecule has 0 aliphatic heterocycles. The third-order valence-electron chi connectivity index (χ3n) is 1.71. The molecule has 0 fully saturated rings. The lowest BCUT2D eigenvalue weighted by Crippen LogP contribution is -1.98. The molecule has 2 aromatic rings. The molecule has 66 valence electrons. The van der Waals surface area contributed by atoms with E-state index in [-0.39, 0.29) is 0 Å². The zero-order chi connectivity index (χ0) is 9.10. The van der Waals surface area contributed by atoms with Crippen molar-refractivity contribution in [3.63, 3.8) is 0 Å². The second-order valence-corrected chi connectivity index (χ2v) is 2.89. The van der Waals surface area contributed by atoms with Crippen LogP contribution >= 0.6 is 11.6 Å². The van der Waals surface area contributed by atoms with Crippen LogP contribution < -0.4 is 0 Å². The summed E-state index contributed by atoms with van der Waals surface area (Å²) in [6, 6.07) is 7.82. The highest BCUT2D eigenvalue weighted by molar-refractivity contribution is 6.17. The number of nitrogens with zero attached hydrogens (tertiary/aromatic N) is 3. The molecule has 2 rings (SSSR count). The lowest BCUT2D eigenvalue weighted by molar-refractivity contribution is 0.751. The van der Waals surface area contributed by atoms with Crippen molar-refractivity contribution in [2.24, 2.45) is 0 Å². The molecule has 1 heterocycles. The van der Waals surface area contributed by atoms with Gasteiger partial charge in [0.1, 0.15) is 0 Å². The maximum atomic E-state index is 5.71. The van der Waals surface area contributed by atoms with Crippen LogP contribution in [0.3, 0.4) is 0 Å². The summed E-state index contributed by atoms with van der Waals surface area (Å²) in [7, 11) is 0. The van der Waals surface area contributed by atoms with E-state index in [4.69, 9.17) is 11.6 Å². The molecule has 0 aliphatic rings. The fraction of sp³-hybridized carbons (Fsp3) is 0.111. The zero-order valence-electron chi connectivity index (χ0n) is 6.89. The molecule has 3 nitrogen and oxygen atoms in total. The summed E-state index contributed by atoms with van der Waals surface area (Å²) in [4.78, 5) is 1.57. The molecule has 0 aliphatic carbocycles. The predicted molar refractivity (Wildman–Crippen MR) is 50.9 cm³/mol. The Balaban J connectivity index is 2.41. The first kappa shape index (κ1) is 8.26. The van der Waals surface area contributed by atoms with Crippen LogP contribution in [0.1, 0.15) is 5.56 Å². The number of hydrogen-bond donors (Lipinski definition) is 0. The second-order valence-electron chi connectivity index (χ2n) is 2.62. The van der Waals surface area contributed by atoms with E-state index in [0.29, 0.717) is 5.88 Å². The number of halogens is 1. The van der Waals surface area contributed by atoms with Crippen LogP contribution in [0.15, 0.2) is 36.7 Å². The first-order valence-corrected chi connectivity index (χ1v) is 4.45.